The topological polar surface area (TPSA) is 116 Å². The predicted octanol–water partition coefficient (Wildman–Crippen LogP) is 3.27. The number of rotatable bonds is 6. The van der Waals surface area contributed by atoms with Gasteiger partial charge in [0.25, 0.3) is 0 Å². The quantitative estimate of drug-likeness (QED) is 0.462. The Hall–Kier alpha value is -2.36. The molecule has 0 aromatic carbocycles. The lowest BCUT2D eigenvalue weighted by Crippen LogP contribution is -2.47. The molecule has 3 heterocycles. The number of pyridine rings is 1. The fourth-order valence-corrected chi connectivity index (χ4v) is 5.29. The van der Waals surface area contributed by atoms with Crippen LogP contribution < -0.4 is 10.6 Å². The van der Waals surface area contributed by atoms with Crippen LogP contribution in [0.1, 0.15) is 44.0 Å². The molecule has 5 rings (SSSR count). The van der Waals surface area contributed by atoms with E-state index in [4.69, 9.17) is 15.0 Å². The van der Waals surface area contributed by atoms with E-state index in [-0.39, 0.29) is 6.04 Å². The second-order valence-electron chi connectivity index (χ2n) is 8.96. The van der Waals surface area contributed by atoms with Crippen LogP contribution in [0.2, 0.25) is 0 Å². The van der Waals surface area contributed by atoms with E-state index >= 15 is 0 Å². The molecule has 0 unspecified atom stereocenters. The van der Waals surface area contributed by atoms with Gasteiger partial charge in [-0.25, -0.2) is 9.97 Å². The Morgan fingerprint density at radius 2 is 1.94 bits per heavy atom. The third kappa shape index (κ3) is 3.86. The van der Waals surface area contributed by atoms with E-state index in [2.05, 4.69) is 15.6 Å². The van der Waals surface area contributed by atoms with Crippen LogP contribution in [-0.4, -0.2) is 54.4 Å². The summed E-state index contributed by atoms with van der Waals surface area (Å²) in [6, 6.07) is 1.65. The third-order valence-electron chi connectivity index (χ3n) is 6.46. The van der Waals surface area contributed by atoms with Crippen molar-refractivity contribution in [1.29, 1.82) is 0 Å². The van der Waals surface area contributed by atoms with Gasteiger partial charge >= 0.3 is 0 Å². The normalized spacial score (nSPS) is 25.8. The second-order valence-corrected chi connectivity index (χ2v) is 9.99. The average molecular weight is 441 g/mol. The molecular formula is C22H28N6O2S. The maximum Gasteiger partial charge on any atom is 0.224 e. The Kier molecular flexibility index (Phi) is 5.07. The molecule has 0 spiro atoms. The minimum Gasteiger partial charge on any atom is -0.390 e. The van der Waals surface area contributed by atoms with E-state index < -0.39 is 11.7 Å². The van der Waals surface area contributed by atoms with Gasteiger partial charge in [0.15, 0.2) is 0 Å². The van der Waals surface area contributed by atoms with Crippen LogP contribution in [0, 0.1) is 19.8 Å². The number of nitrogens with one attached hydrogen (secondary N) is 2. The molecule has 9 heteroatoms. The zero-order valence-corrected chi connectivity index (χ0v) is 18.8. The van der Waals surface area contributed by atoms with Crippen LogP contribution >= 0.6 is 11.3 Å². The molecule has 4 N–H and O–H groups in total. The lowest BCUT2D eigenvalue weighted by atomic mass is 9.98. The summed E-state index contributed by atoms with van der Waals surface area (Å²) in [5.41, 5.74) is 2.18. The fourth-order valence-electron chi connectivity index (χ4n) is 4.18. The molecule has 3 aromatic rings. The molecule has 31 heavy (non-hydrogen) atoms. The third-order valence-corrected chi connectivity index (χ3v) is 7.50. The molecular weight excluding hydrogens is 412 g/mol. The maximum atomic E-state index is 10.8. The first-order chi connectivity index (χ1) is 14.8. The Labute approximate surface area is 185 Å². The molecule has 2 aliphatic carbocycles. The SMILES string of the molecule is Cc1nc(NCC2CC2)nc(N[C@@H]2CC[C@@H](O)[C@@]2(C)O)c1-c1nc2c(C)nccc2s1. The standard InChI is InChI=1S/C22H28N6O2S/c1-11-17(20-27-18-12(2)23-9-8-14(18)31-20)19(26-15-6-7-16(29)22(15,3)30)28-21(25-11)24-10-13-4-5-13/h8-9,13,15-16,29-30H,4-7,10H2,1-3H3,(H2,24,25,26,28)/t15-,16-,22+/m1/s1. The van der Waals surface area contributed by atoms with Crippen molar-refractivity contribution in [1.82, 2.24) is 19.9 Å². The van der Waals surface area contributed by atoms with E-state index in [0.717, 1.165) is 38.7 Å². The smallest absolute Gasteiger partial charge is 0.224 e. The van der Waals surface area contributed by atoms with E-state index in [1.54, 1.807) is 24.5 Å². The van der Waals surface area contributed by atoms with Crippen LogP contribution in [0.15, 0.2) is 12.3 Å². The van der Waals surface area contributed by atoms with Crippen molar-refractivity contribution in [2.45, 2.75) is 64.2 Å². The van der Waals surface area contributed by atoms with Crippen molar-refractivity contribution in [3.63, 3.8) is 0 Å². The zero-order valence-electron chi connectivity index (χ0n) is 18.0. The van der Waals surface area contributed by atoms with Gasteiger partial charge in [0.05, 0.1) is 33.8 Å². The van der Waals surface area contributed by atoms with E-state index in [1.807, 2.05) is 19.9 Å². The lowest BCUT2D eigenvalue weighted by Gasteiger charge is -2.30. The van der Waals surface area contributed by atoms with Gasteiger partial charge < -0.3 is 20.8 Å². The summed E-state index contributed by atoms with van der Waals surface area (Å²) in [5, 5.41) is 28.6. The van der Waals surface area contributed by atoms with E-state index in [9.17, 15) is 10.2 Å². The summed E-state index contributed by atoms with van der Waals surface area (Å²) >= 11 is 1.58. The van der Waals surface area contributed by atoms with Crippen molar-refractivity contribution in [3.05, 3.63) is 23.7 Å². The number of aryl methyl sites for hydroxylation is 2. The summed E-state index contributed by atoms with van der Waals surface area (Å²) in [5.74, 6) is 1.91. The number of thiazole rings is 1. The van der Waals surface area contributed by atoms with Crippen molar-refractivity contribution in [2.75, 3.05) is 17.2 Å². The molecule has 8 nitrogen and oxygen atoms in total. The number of anilines is 2. The first-order valence-electron chi connectivity index (χ1n) is 10.8. The number of aromatic nitrogens is 4. The van der Waals surface area contributed by atoms with Crippen molar-refractivity contribution in [3.8, 4) is 10.6 Å². The highest BCUT2D eigenvalue weighted by molar-refractivity contribution is 7.21. The van der Waals surface area contributed by atoms with Crippen molar-refractivity contribution in [2.24, 2.45) is 5.92 Å². The molecule has 2 fully saturated rings. The monoisotopic (exact) mass is 440 g/mol. The van der Waals surface area contributed by atoms with Gasteiger partial charge in [-0.1, -0.05) is 0 Å². The first-order valence-corrected chi connectivity index (χ1v) is 11.7. The van der Waals surface area contributed by atoms with Gasteiger partial charge in [0, 0.05) is 12.7 Å². The summed E-state index contributed by atoms with van der Waals surface area (Å²) in [6.07, 6.45) is 4.73. The number of nitrogens with zero attached hydrogens (tertiary/aromatic N) is 4. The van der Waals surface area contributed by atoms with Crippen LogP contribution in [0.4, 0.5) is 11.8 Å². The number of fused-ring (bicyclic) bond motifs is 1. The van der Waals surface area contributed by atoms with Gasteiger partial charge in [-0.05, 0) is 58.4 Å². The molecule has 164 valence electrons. The van der Waals surface area contributed by atoms with Gasteiger partial charge in [0.1, 0.15) is 21.9 Å². The summed E-state index contributed by atoms with van der Waals surface area (Å²) in [6.45, 7) is 6.46. The first kappa shape index (κ1) is 20.5. The van der Waals surface area contributed by atoms with Gasteiger partial charge in [-0.2, -0.15) is 4.98 Å². The number of aliphatic hydroxyl groups excluding tert-OH is 1. The number of aliphatic hydroxyl groups is 2. The highest BCUT2D eigenvalue weighted by atomic mass is 32.1. The minimum atomic E-state index is -1.23. The summed E-state index contributed by atoms with van der Waals surface area (Å²) in [7, 11) is 0. The van der Waals surface area contributed by atoms with Crippen molar-refractivity contribution < 1.29 is 10.2 Å². The van der Waals surface area contributed by atoms with Crippen LogP contribution in [0.5, 0.6) is 0 Å². The molecule has 3 aromatic heterocycles. The van der Waals surface area contributed by atoms with Gasteiger partial charge in [-0.3, -0.25) is 4.98 Å². The predicted molar refractivity (Wildman–Crippen MR) is 122 cm³/mol. The van der Waals surface area contributed by atoms with Crippen LogP contribution in [0.25, 0.3) is 20.8 Å². The molecule has 3 atom stereocenters. The Morgan fingerprint density at radius 1 is 1.13 bits per heavy atom. The van der Waals surface area contributed by atoms with E-state index in [0.29, 0.717) is 30.5 Å². The van der Waals surface area contributed by atoms with Gasteiger partial charge in [-0.15, -0.1) is 11.3 Å². The molecule has 0 bridgehead atoms. The van der Waals surface area contributed by atoms with E-state index in [1.165, 1.54) is 12.8 Å². The maximum absolute atomic E-state index is 10.8. The molecule has 0 aliphatic heterocycles. The molecule has 0 saturated heterocycles. The largest absolute Gasteiger partial charge is 0.390 e. The van der Waals surface area contributed by atoms with Crippen molar-refractivity contribution >= 4 is 33.3 Å². The molecule has 2 aliphatic rings. The summed E-state index contributed by atoms with van der Waals surface area (Å²) < 4.78 is 1.06. The number of hydrogen-bond donors (Lipinski definition) is 4. The lowest BCUT2D eigenvalue weighted by molar-refractivity contribution is -0.0439. The Morgan fingerprint density at radius 3 is 2.61 bits per heavy atom. The highest BCUT2D eigenvalue weighted by Crippen LogP contribution is 2.39. The minimum absolute atomic E-state index is 0.315. The molecule has 0 amide bonds. The Balaban J connectivity index is 1.57. The zero-order chi connectivity index (χ0) is 21.8. The number of hydrogen-bond acceptors (Lipinski definition) is 9. The average Bonchev–Trinajstić information content (AvgIpc) is 3.40. The Bertz CT molecular complexity index is 1130. The fraction of sp³-hybridized carbons (Fsp3) is 0.545. The molecule has 2 saturated carbocycles. The summed E-state index contributed by atoms with van der Waals surface area (Å²) in [4.78, 5) is 18.7. The van der Waals surface area contributed by atoms with Crippen LogP contribution in [-0.2, 0) is 0 Å². The second kappa shape index (κ2) is 7.65. The van der Waals surface area contributed by atoms with Crippen LogP contribution in [0.3, 0.4) is 0 Å². The van der Waals surface area contributed by atoms with Gasteiger partial charge in [0.2, 0.25) is 5.95 Å². The molecule has 0 radical (unpaired) electrons. The highest BCUT2D eigenvalue weighted by Gasteiger charge is 2.45.